The third-order valence-corrected chi connectivity index (χ3v) is 4.03. The van der Waals surface area contributed by atoms with Gasteiger partial charge in [0.25, 0.3) is 5.69 Å². The van der Waals surface area contributed by atoms with Crippen LogP contribution in [-0.2, 0) is 23.9 Å². The van der Waals surface area contributed by atoms with Gasteiger partial charge in [-0.2, -0.15) is 0 Å². The van der Waals surface area contributed by atoms with Crippen molar-refractivity contribution in [1.82, 2.24) is 5.32 Å². The number of allylic oxidation sites excluding steroid dienone is 1. The number of carbonyl (C=O) groups is 3. The first kappa shape index (κ1) is 20.1. The second-order valence-electron chi connectivity index (χ2n) is 6.36. The smallest absolute Gasteiger partial charge is 0.339 e. The summed E-state index contributed by atoms with van der Waals surface area (Å²) in [5, 5.41) is 13.6. The Morgan fingerprint density at radius 1 is 1.33 bits per heavy atom. The number of nitro benzene ring substituents is 1. The van der Waals surface area contributed by atoms with Crippen LogP contribution in [0.2, 0.25) is 0 Å². The second-order valence-corrected chi connectivity index (χ2v) is 6.36. The first-order chi connectivity index (χ1) is 12.7. The Balaban J connectivity index is 2.25. The van der Waals surface area contributed by atoms with Crippen LogP contribution in [0.15, 0.2) is 35.5 Å². The van der Waals surface area contributed by atoms with Crippen molar-refractivity contribution in [1.29, 1.82) is 0 Å². The van der Waals surface area contributed by atoms with Crippen molar-refractivity contribution in [3.05, 3.63) is 51.2 Å². The largest absolute Gasteiger partial charge is 0.428 e. The van der Waals surface area contributed by atoms with Crippen LogP contribution in [0.1, 0.15) is 38.7 Å². The van der Waals surface area contributed by atoms with Crippen molar-refractivity contribution in [2.75, 3.05) is 6.79 Å². The second kappa shape index (κ2) is 8.43. The molecule has 0 aromatic heterocycles. The maximum atomic E-state index is 12.5. The van der Waals surface area contributed by atoms with Gasteiger partial charge in [0, 0.05) is 30.2 Å². The van der Waals surface area contributed by atoms with Gasteiger partial charge in [0.15, 0.2) is 0 Å². The number of non-ortho nitro benzene ring substituents is 1. The maximum Gasteiger partial charge on any atom is 0.339 e. The summed E-state index contributed by atoms with van der Waals surface area (Å²) < 4.78 is 9.84. The summed E-state index contributed by atoms with van der Waals surface area (Å²) in [4.78, 5) is 46.3. The van der Waals surface area contributed by atoms with Crippen molar-refractivity contribution < 1.29 is 28.8 Å². The molecule has 0 saturated heterocycles. The maximum absolute atomic E-state index is 12.5. The third-order valence-electron chi connectivity index (χ3n) is 4.03. The number of nitrogens with one attached hydrogen (secondary N) is 1. The number of hydrogen-bond donors (Lipinski definition) is 1. The molecule has 2 rings (SSSR count). The first-order valence-corrected chi connectivity index (χ1v) is 8.29. The summed E-state index contributed by atoms with van der Waals surface area (Å²) in [5.41, 5.74) is 0.762. The molecule has 1 heterocycles. The molecule has 0 aliphatic carbocycles. The summed E-state index contributed by atoms with van der Waals surface area (Å²) in [6.45, 7) is 4.28. The highest BCUT2D eigenvalue weighted by molar-refractivity contribution is 5.95. The fraction of sp³-hybridized carbons (Fsp3) is 0.389. The van der Waals surface area contributed by atoms with Gasteiger partial charge in [-0.3, -0.25) is 19.7 Å². The van der Waals surface area contributed by atoms with E-state index in [1.807, 2.05) is 0 Å². The molecule has 0 radical (unpaired) electrons. The van der Waals surface area contributed by atoms with Gasteiger partial charge in [0.2, 0.25) is 12.7 Å². The van der Waals surface area contributed by atoms with E-state index < -0.39 is 29.6 Å². The molecule has 0 saturated carbocycles. The lowest BCUT2D eigenvalue weighted by atomic mass is 9.84. The fourth-order valence-electron chi connectivity index (χ4n) is 2.70. The highest BCUT2D eigenvalue weighted by atomic mass is 16.7. The minimum absolute atomic E-state index is 0.0608. The molecule has 1 aromatic carbocycles. The summed E-state index contributed by atoms with van der Waals surface area (Å²) >= 11 is 0. The SMILES string of the molecule is CC1=C(C(=O)OCOC(=O)C(C)C)[C@@H](c2cccc([N+](=O)[O-])c2)CC(=O)N1. The molecule has 9 nitrogen and oxygen atoms in total. The van der Waals surface area contributed by atoms with Crippen LogP contribution in [0.4, 0.5) is 5.69 Å². The molecule has 9 heteroatoms. The van der Waals surface area contributed by atoms with E-state index in [4.69, 9.17) is 9.47 Å². The van der Waals surface area contributed by atoms with E-state index in [1.54, 1.807) is 19.9 Å². The Morgan fingerprint density at radius 3 is 2.67 bits per heavy atom. The Bertz CT molecular complexity index is 814. The Morgan fingerprint density at radius 2 is 2.04 bits per heavy atom. The van der Waals surface area contributed by atoms with Crippen LogP contribution >= 0.6 is 0 Å². The average molecular weight is 376 g/mol. The standard InChI is InChI=1S/C18H20N2O7/c1-10(2)17(22)26-9-27-18(23)16-11(3)19-15(21)8-14(16)12-5-4-6-13(7-12)20(24)25/h4-7,10,14H,8-9H2,1-3H3,(H,19,21)/t14-/m1/s1. The lowest BCUT2D eigenvalue weighted by Gasteiger charge is -2.26. The number of ether oxygens (including phenoxy) is 2. The van der Waals surface area contributed by atoms with Crippen LogP contribution in [0.5, 0.6) is 0 Å². The van der Waals surface area contributed by atoms with Crippen molar-refractivity contribution in [2.45, 2.75) is 33.1 Å². The predicted octanol–water partition coefficient (Wildman–Crippen LogP) is 2.17. The molecule has 27 heavy (non-hydrogen) atoms. The predicted molar refractivity (Wildman–Crippen MR) is 93.2 cm³/mol. The van der Waals surface area contributed by atoms with E-state index in [2.05, 4.69) is 5.32 Å². The van der Waals surface area contributed by atoms with E-state index in [0.29, 0.717) is 11.3 Å². The van der Waals surface area contributed by atoms with Gasteiger partial charge in [0.1, 0.15) is 0 Å². The van der Waals surface area contributed by atoms with E-state index in [9.17, 15) is 24.5 Å². The van der Waals surface area contributed by atoms with Crippen LogP contribution in [-0.4, -0.2) is 29.6 Å². The normalized spacial score (nSPS) is 16.7. The number of esters is 2. The molecule has 0 spiro atoms. The molecular formula is C18H20N2O7. The Labute approximate surface area is 155 Å². The monoisotopic (exact) mass is 376 g/mol. The summed E-state index contributed by atoms with van der Waals surface area (Å²) in [5.74, 6) is -2.66. The summed E-state index contributed by atoms with van der Waals surface area (Å²) in [7, 11) is 0. The summed E-state index contributed by atoms with van der Waals surface area (Å²) in [6, 6.07) is 5.74. The zero-order chi connectivity index (χ0) is 20.1. The van der Waals surface area contributed by atoms with Gasteiger partial charge in [-0.1, -0.05) is 26.0 Å². The van der Waals surface area contributed by atoms with E-state index in [0.717, 1.165) is 0 Å². The number of hydrogen-bond acceptors (Lipinski definition) is 7. The van der Waals surface area contributed by atoms with Gasteiger partial charge in [-0.15, -0.1) is 0 Å². The van der Waals surface area contributed by atoms with Crippen LogP contribution in [0.3, 0.4) is 0 Å². The molecule has 1 aliphatic rings. The Hall–Kier alpha value is -3.23. The number of nitro groups is 1. The lowest BCUT2D eigenvalue weighted by Crippen LogP contribution is -2.34. The molecule has 1 aliphatic heterocycles. The minimum atomic E-state index is -0.763. The molecular weight excluding hydrogens is 356 g/mol. The number of rotatable bonds is 6. The molecule has 1 amide bonds. The quantitative estimate of drug-likeness (QED) is 0.349. The van der Waals surface area contributed by atoms with Crippen molar-refractivity contribution >= 4 is 23.5 Å². The van der Waals surface area contributed by atoms with E-state index in [-0.39, 0.29) is 29.5 Å². The number of nitrogens with zero attached hydrogens (tertiary/aromatic N) is 1. The van der Waals surface area contributed by atoms with Crippen molar-refractivity contribution in [3.8, 4) is 0 Å². The average Bonchev–Trinajstić information content (AvgIpc) is 2.60. The molecule has 0 bridgehead atoms. The van der Waals surface area contributed by atoms with Gasteiger partial charge >= 0.3 is 11.9 Å². The topological polar surface area (TPSA) is 125 Å². The van der Waals surface area contributed by atoms with Gasteiger partial charge in [-0.25, -0.2) is 4.79 Å². The molecule has 1 atom stereocenters. The molecule has 0 unspecified atom stereocenters. The van der Waals surface area contributed by atoms with Crippen LogP contribution in [0.25, 0.3) is 0 Å². The van der Waals surface area contributed by atoms with Crippen molar-refractivity contribution in [3.63, 3.8) is 0 Å². The third kappa shape index (κ3) is 4.90. The zero-order valence-electron chi connectivity index (χ0n) is 15.2. The molecule has 0 fully saturated rings. The van der Waals surface area contributed by atoms with Crippen LogP contribution < -0.4 is 5.32 Å². The fourth-order valence-corrected chi connectivity index (χ4v) is 2.70. The lowest BCUT2D eigenvalue weighted by molar-refractivity contribution is -0.384. The molecule has 144 valence electrons. The number of amides is 1. The number of carbonyl (C=O) groups excluding carboxylic acids is 3. The minimum Gasteiger partial charge on any atom is -0.428 e. The van der Waals surface area contributed by atoms with Gasteiger partial charge < -0.3 is 14.8 Å². The molecule has 1 aromatic rings. The van der Waals surface area contributed by atoms with Crippen LogP contribution in [0, 0.1) is 16.0 Å². The highest BCUT2D eigenvalue weighted by Crippen LogP contribution is 2.34. The van der Waals surface area contributed by atoms with Gasteiger partial charge in [-0.05, 0) is 12.5 Å². The van der Waals surface area contributed by atoms with Crippen molar-refractivity contribution in [2.24, 2.45) is 5.92 Å². The first-order valence-electron chi connectivity index (χ1n) is 8.29. The zero-order valence-corrected chi connectivity index (χ0v) is 15.2. The Kier molecular flexibility index (Phi) is 6.27. The highest BCUT2D eigenvalue weighted by Gasteiger charge is 2.33. The number of benzene rings is 1. The summed E-state index contributed by atoms with van der Waals surface area (Å²) in [6.07, 6.45) is -0.0608. The van der Waals surface area contributed by atoms with E-state index >= 15 is 0 Å². The van der Waals surface area contributed by atoms with Gasteiger partial charge in [0.05, 0.1) is 16.4 Å². The van der Waals surface area contributed by atoms with E-state index in [1.165, 1.54) is 25.1 Å². The molecule has 1 N–H and O–H groups in total.